The fraction of sp³-hybridized carbons (Fsp3) is 0.667. The molecule has 0 aromatic carbocycles. The summed E-state index contributed by atoms with van der Waals surface area (Å²) >= 11 is 0. The van der Waals surface area contributed by atoms with Gasteiger partial charge in [-0.1, -0.05) is 12.2 Å². The van der Waals surface area contributed by atoms with Crippen LogP contribution in [0.3, 0.4) is 0 Å². The number of carbonyl (C=O) groups excluding carboxylic acids is 1. The van der Waals surface area contributed by atoms with Crippen LogP contribution in [0.2, 0.25) is 0 Å². The van der Waals surface area contributed by atoms with E-state index in [1.54, 1.807) is 19.1 Å². The van der Waals surface area contributed by atoms with Crippen LogP contribution in [-0.4, -0.2) is 49.5 Å². The lowest BCUT2D eigenvalue weighted by Crippen LogP contribution is -2.42. The number of carboxylic acids is 1. The highest BCUT2D eigenvalue weighted by Gasteiger charge is 2.17. The summed E-state index contributed by atoms with van der Waals surface area (Å²) in [5, 5.41) is 11.3. The van der Waals surface area contributed by atoms with Gasteiger partial charge >= 0.3 is 5.97 Å². The van der Waals surface area contributed by atoms with Crippen molar-refractivity contribution in [2.75, 3.05) is 26.4 Å². The van der Waals surface area contributed by atoms with Gasteiger partial charge in [0.1, 0.15) is 12.6 Å². The second-order valence-corrected chi connectivity index (χ2v) is 3.51. The van der Waals surface area contributed by atoms with Gasteiger partial charge in [0.2, 0.25) is 5.91 Å². The molecular formula is C12H21NO5. The van der Waals surface area contributed by atoms with Gasteiger partial charge in [0, 0.05) is 6.61 Å². The minimum absolute atomic E-state index is 0.160. The Labute approximate surface area is 107 Å². The molecule has 0 heterocycles. The van der Waals surface area contributed by atoms with Gasteiger partial charge in [0.15, 0.2) is 0 Å². The van der Waals surface area contributed by atoms with E-state index in [4.69, 9.17) is 14.6 Å². The Kier molecular flexibility index (Phi) is 9.90. The molecule has 1 unspecified atom stereocenters. The highest BCUT2D eigenvalue weighted by molar-refractivity contribution is 5.84. The second kappa shape index (κ2) is 10.7. The Hall–Kier alpha value is -1.40. The molecule has 6 heteroatoms. The first-order valence-corrected chi connectivity index (χ1v) is 5.90. The molecule has 0 spiro atoms. The summed E-state index contributed by atoms with van der Waals surface area (Å²) in [6, 6.07) is -0.913. The molecule has 0 saturated heterocycles. The molecule has 2 N–H and O–H groups in total. The van der Waals surface area contributed by atoms with Gasteiger partial charge in [-0.2, -0.15) is 0 Å². The smallest absolute Gasteiger partial charge is 0.326 e. The Morgan fingerprint density at radius 1 is 1.33 bits per heavy atom. The lowest BCUT2D eigenvalue weighted by atomic mass is 10.2. The minimum Gasteiger partial charge on any atom is -0.480 e. The average Bonchev–Trinajstić information content (AvgIpc) is 2.33. The fourth-order valence-electron chi connectivity index (χ4n) is 1.16. The summed E-state index contributed by atoms with van der Waals surface area (Å²) in [4.78, 5) is 22.2. The largest absolute Gasteiger partial charge is 0.480 e. The van der Waals surface area contributed by atoms with Gasteiger partial charge in [0.25, 0.3) is 0 Å². The molecule has 6 nitrogen and oxygen atoms in total. The van der Waals surface area contributed by atoms with Crippen molar-refractivity contribution in [2.45, 2.75) is 26.3 Å². The topological polar surface area (TPSA) is 84.9 Å². The van der Waals surface area contributed by atoms with Gasteiger partial charge < -0.3 is 19.9 Å². The Morgan fingerprint density at radius 3 is 2.56 bits per heavy atom. The van der Waals surface area contributed by atoms with Crippen LogP contribution in [0, 0.1) is 0 Å². The Balaban J connectivity index is 3.84. The van der Waals surface area contributed by atoms with E-state index >= 15 is 0 Å². The van der Waals surface area contributed by atoms with Crippen LogP contribution in [0.4, 0.5) is 0 Å². The molecule has 0 aromatic rings. The van der Waals surface area contributed by atoms with E-state index < -0.39 is 17.9 Å². The number of carboxylic acid groups (broad SMARTS) is 1. The summed E-state index contributed by atoms with van der Waals surface area (Å²) < 4.78 is 10.1. The zero-order chi connectivity index (χ0) is 13.8. The van der Waals surface area contributed by atoms with Crippen molar-refractivity contribution < 1.29 is 24.2 Å². The number of hydrogen-bond donors (Lipinski definition) is 2. The molecule has 0 aromatic heterocycles. The van der Waals surface area contributed by atoms with Crippen LogP contribution < -0.4 is 5.32 Å². The zero-order valence-corrected chi connectivity index (χ0v) is 10.8. The maximum absolute atomic E-state index is 11.4. The van der Waals surface area contributed by atoms with Gasteiger partial charge in [-0.05, 0) is 20.3 Å². The molecule has 0 fully saturated rings. The molecule has 0 rings (SSSR count). The van der Waals surface area contributed by atoms with Crippen molar-refractivity contribution in [1.82, 2.24) is 5.32 Å². The lowest BCUT2D eigenvalue weighted by molar-refractivity contribution is -0.142. The van der Waals surface area contributed by atoms with Crippen molar-refractivity contribution in [1.29, 1.82) is 0 Å². The number of rotatable bonds is 10. The summed E-state index contributed by atoms with van der Waals surface area (Å²) in [6.45, 7) is 4.83. The SMILES string of the molecule is C/C=C/CC(NC(=O)COCCOCC)C(=O)O. The van der Waals surface area contributed by atoms with E-state index in [2.05, 4.69) is 5.32 Å². The summed E-state index contributed by atoms with van der Waals surface area (Å²) in [5.41, 5.74) is 0. The molecule has 1 atom stereocenters. The van der Waals surface area contributed by atoms with Crippen LogP contribution in [0.5, 0.6) is 0 Å². The van der Waals surface area contributed by atoms with E-state index in [-0.39, 0.29) is 13.0 Å². The molecule has 1 amide bonds. The number of ether oxygens (including phenoxy) is 2. The van der Waals surface area contributed by atoms with E-state index in [1.165, 1.54) is 0 Å². The molecule has 0 aliphatic heterocycles. The van der Waals surface area contributed by atoms with Crippen molar-refractivity contribution in [2.24, 2.45) is 0 Å². The van der Waals surface area contributed by atoms with Gasteiger partial charge in [-0.15, -0.1) is 0 Å². The number of carbonyl (C=O) groups is 2. The molecule has 0 bridgehead atoms. The van der Waals surface area contributed by atoms with Gasteiger partial charge in [-0.25, -0.2) is 4.79 Å². The Morgan fingerprint density at radius 2 is 2.00 bits per heavy atom. The van der Waals surface area contributed by atoms with Crippen molar-refractivity contribution in [3.05, 3.63) is 12.2 Å². The lowest BCUT2D eigenvalue weighted by Gasteiger charge is -2.12. The average molecular weight is 259 g/mol. The third kappa shape index (κ3) is 8.72. The molecule has 0 aliphatic rings. The molecule has 0 aliphatic carbocycles. The summed E-state index contributed by atoms with van der Waals surface area (Å²) in [6.07, 6.45) is 3.69. The first kappa shape index (κ1) is 16.6. The van der Waals surface area contributed by atoms with E-state index in [0.717, 1.165) is 0 Å². The maximum atomic E-state index is 11.4. The standard InChI is InChI=1S/C12H21NO5/c1-3-5-6-10(12(15)16)13-11(14)9-18-8-7-17-4-2/h3,5,10H,4,6-9H2,1-2H3,(H,13,14)(H,15,16)/b5-3+. The van der Waals surface area contributed by atoms with Crippen LogP contribution >= 0.6 is 0 Å². The molecule has 0 saturated carbocycles. The first-order valence-electron chi connectivity index (χ1n) is 5.90. The molecular weight excluding hydrogens is 238 g/mol. The summed E-state index contributed by atoms with van der Waals surface area (Å²) in [5.74, 6) is -1.50. The predicted octanol–water partition coefficient (Wildman–Crippen LogP) is 0.575. The molecule has 18 heavy (non-hydrogen) atoms. The van der Waals surface area contributed by atoms with Gasteiger partial charge in [0.05, 0.1) is 13.2 Å². The zero-order valence-electron chi connectivity index (χ0n) is 10.8. The fourth-order valence-corrected chi connectivity index (χ4v) is 1.16. The van der Waals surface area contributed by atoms with E-state index in [9.17, 15) is 9.59 Å². The van der Waals surface area contributed by atoms with Crippen LogP contribution in [0.1, 0.15) is 20.3 Å². The van der Waals surface area contributed by atoms with E-state index in [1.807, 2.05) is 6.92 Å². The first-order chi connectivity index (χ1) is 8.61. The number of amides is 1. The molecule has 104 valence electrons. The van der Waals surface area contributed by atoms with E-state index in [0.29, 0.717) is 19.8 Å². The second-order valence-electron chi connectivity index (χ2n) is 3.51. The minimum atomic E-state index is -1.06. The highest BCUT2D eigenvalue weighted by Crippen LogP contribution is 1.94. The highest BCUT2D eigenvalue weighted by atomic mass is 16.5. The van der Waals surface area contributed by atoms with Crippen LogP contribution in [0.15, 0.2) is 12.2 Å². The number of hydrogen-bond acceptors (Lipinski definition) is 4. The monoisotopic (exact) mass is 259 g/mol. The van der Waals surface area contributed by atoms with Crippen molar-refractivity contribution >= 4 is 11.9 Å². The number of allylic oxidation sites excluding steroid dienone is 1. The third-order valence-electron chi connectivity index (χ3n) is 2.05. The normalized spacial score (nSPS) is 12.6. The molecule has 0 radical (unpaired) electrons. The van der Waals surface area contributed by atoms with Crippen LogP contribution in [-0.2, 0) is 19.1 Å². The quantitative estimate of drug-likeness (QED) is 0.442. The predicted molar refractivity (Wildman–Crippen MR) is 66.3 cm³/mol. The van der Waals surface area contributed by atoms with Crippen LogP contribution in [0.25, 0.3) is 0 Å². The maximum Gasteiger partial charge on any atom is 0.326 e. The van der Waals surface area contributed by atoms with Crippen molar-refractivity contribution in [3.8, 4) is 0 Å². The number of aliphatic carboxylic acids is 1. The van der Waals surface area contributed by atoms with Crippen molar-refractivity contribution in [3.63, 3.8) is 0 Å². The Bertz CT molecular complexity index is 278. The van der Waals surface area contributed by atoms with Gasteiger partial charge in [-0.3, -0.25) is 4.79 Å². The summed E-state index contributed by atoms with van der Waals surface area (Å²) in [7, 11) is 0. The number of nitrogens with one attached hydrogen (secondary N) is 1. The third-order valence-corrected chi connectivity index (χ3v) is 2.05.